The van der Waals surface area contributed by atoms with Crippen molar-refractivity contribution in [1.29, 1.82) is 5.26 Å². The quantitative estimate of drug-likeness (QED) is 0.131. The highest BCUT2D eigenvalue weighted by molar-refractivity contribution is 14.1. The zero-order valence-corrected chi connectivity index (χ0v) is 22.3. The summed E-state index contributed by atoms with van der Waals surface area (Å²) in [6.07, 6.45) is 1.61. The predicted molar refractivity (Wildman–Crippen MR) is 146 cm³/mol. The summed E-state index contributed by atoms with van der Waals surface area (Å²) in [4.78, 5) is 37.2. The number of amides is 2. The minimum atomic E-state index is -0.510. The predicted octanol–water partition coefficient (Wildman–Crippen LogP) is 5.90. The molecule has 0 aromatic heterocycles. The van der Waals surface area contributed by atoms with Crippen molar-refractivity contribution in [3.63, 3.8) is 0 Å². The van der Waals surface area contributed by atoms with Crippen LogP contribution in [0, 0.1) is 25.0 Å². The summed E-state index contributed by atoms with van der Waals surface area (Å²) in [5, 5.41) is 19.7. The van der Waals surface area contributed by atoms with Crippen molar-refractivity contribution in [3.8, 4) is 17.6 Å². The Morgan fingerprint density at radius 2 is 1.89 bits per heavy atom. The van der Waals surface area contributed by atoms with Crippen LogP contribution in [0.4, 0.5) is 10.5 Å². The Morgan fingerprint density at radius 1 is 1.16 bits per heavy atom. The molecule has 0 atom stereocenters. The number of halogens is 1. The van der Waals surface area contributed by atoms with Gasteiger partial charge in [-0.25, -0.2) is 0 Å². The Kier molecular flexibility index (Phi) is 8.10. The lowest BCUT2D eigenvalue weighted by Gasteiger charge is -2.14. The second kappa shape index (κ2) is 11.4. The Balaban J connectivity index is 1.52. The highest BCUT2D eigenvalue weighted by Crippen LogP contribution is 2.38. The highest BCUT2D eigenvalue weighted by Gasteiger charge is 2.35. The maximum atomic E-state index is 12.9. The Morgan fingerprint density at radius 3 is 2.57 bits per heavy atom. The fourth-order valence-corrected chi connectivity index (χ4v) is 5.18. The van der Waals surface area contributed by atoms with Crippen LogP contribution in [-0.4, -0.2) is 28.1 Å². The van der Waals surface area contributed by atoms with E-state index in [2.05, 4.69) is 28.7 Å². The normalized spacial score (nSPS) is 14.1. The molecule has 3 aromatic rings. The molecule has 1 aliphatic heterocycles. The molecule has 1 heterocycles. The maximum Gasteiger partial charge on any atom is 0.293 e. The first-order valence-corrected chi connectivity index (χ1v) is 12.7. The van der Waals surface area contributed by atoms with E-state index in [1.807, 2.05) is 12.1 Å². The van der Waals surface area contributed by atoms with Gasteiger partial charge in [0.15, 0.2) is 11.5 Å². The first-order valence-electron chi connectivity index (χ1n) is 10.8. The van der Waals surface area contributed by atoms with Gasteiger partial charge in [0.1, 0.15) is 6.61 Å². The number of benzene rings is 3. The fraction of sp³-hybridized carbons (Fsp3) is 0.115. The number of thioether (sulfide) groups is 1. The number of methoxy groups -OCH3 is 1. The molecule has 0 N–H and O–H groups in total. The monoisotopic (exact) mass is 627 g/mol. The van der Waals surface area contributed by atoms with Crippen LogP contribution >= 0.6 is 34.4 Å². The van der Waals surface area contributed by atoms with Gasteiger partial charge in [0.25, 0.3) is 16.8 Å². The number of carbonyl (C=O) groups is 2. The molecule has 37 heavy (non-hydrogen) atoms. The van der Waals surface area contributed by atoms with E-state index in [0.29, 0.717) is 28.2 Å². The van der Waals surface area contributed by atoms with Gasteiger partial charge < -0.3 is 9.47 Å². The summed E-state index contributed by atoms with van der Waals surface area (Å²) in [6.45, 7) is 0.189. The Bertz CT molecular complexity index is 1470. The van der Waals surface area contributed by atoms with E-state index >= 15 is 0 Å². The number of imide groups is 1. The van der Waals surface area contributed by atoms with E-state index in [0.717, 1.165) is 25.8 Å². The number of hydrogen-bond donors (Lipinski definition) is 0. The molecule has 1 saturated heterocycles. The molecule has 0 bridgehead atoms. The number of carbonyl (C=O) groups excluding carboxylic acids is 2. The summed E-state index contributed by atoms with van der Waals surface area (Å²) in [7, 11) is 1.50. The van der Waals surface area contributed by atoms with Gasteiger partial charge in [0, 0.05) is 17.7 Å². The SMILES string of the molecule is COc1cc(C=C2SC(=O)N(Cc3ccc([N+](=O)[O-])cc3)C2=O)cc(I)c1OCc1ccccc1C#N. The standard InChI is InChI=1S/C26H18IN3O6S/c1-35-22-11-17(10-21(27)24(22)36-15-19-5-3-2-4-18(19)13-28)12-23-25(31)29(26(32)37-23)14-16-6-8-20(9-7-16)30(33)34/h2-12H,14-15H2,1H3. The lowest BCUT2D eigenvalue weighted by molar-refractivity contribution is -0.384. The first-order chi connectivity index (χ1) is 17.8. The van der Waals surface area contributed by atoms with Crippen LogP contribution in [0.3, 0.4) is 0 Å². The van der Waals surface area contributed by atoms with Crippen LogP contribution < -0.4 is 9.47 Å². The molecule has 4 rings (SSSR count). The number of nitro benzene ring substituents is 1. The van der Waals surface area contributed by atoms with Gasteiger partial charge >= 0.3 is 0 Å². The van der Waals surface area contributed by atoms with Crippen LogP contribution in [0.2, 0.25) is 0 Å². The molecule has 1 fully saturated rings. The lowest BCUT2D eigenvalue weighted by Crippen LogP contribution is -2.27. The molecule has 0 spiro atoms. The van der Waals surface area contributed by atoms with Gasteiger partial charge in [-0.2, -0.15) is 5.26 Å². The summed E-state index contributed by atoms with van der Waals surface area (Å²) < 4.78 is 12.2. The average Bonchev–Trinajstić information content (AvgIpc) is 3.15. The van der Waals surface area contributed by atoms with Gasteiger partial charge in [-0.15, -0.1) is 0 Å². The van der Waals surface area contributed by atoms with Crippen molar-refractivity contribution in [3.05, 3.63) is 102 Å². The zero-order valence-electron chi connectivity index (χ0n) is 19.3. The molecule has 9 nitrogen and oxygen atoms in total. The average molecular weight is 627 g/mol. The number of non-ortho nitro benzene ring substituents is 1. The van der Waals surface area contributed by atoms with Gasteiger partial charge in [0.2, 0.25) is 0 Å². The van der Waals surface area contributed by atoms with E-state index in [4.69, 9.17) is 9.47 Å². The topological polar surface area (TPSA) is 123 Å². The van der Waals surface area contributed by atoms with Gasteiger partial charge in [-0.3, -0.25) is 24.6 Å². The molecule has 3 aromatic carbocycles. The summed E-state index contributed by atoms with van der Waals surface area (Å²) in [5.41, 5.74) is 2.45. The smallest absolute Gasteiger partial charge is 0.293 e. The van der Waals surface area contributed by atoms with Crippen molar-refractivity contribution in [2.24, 2.45) is 0 Å². The Hall–Kier alpha value is -3.89. The Labute approximate surface area is 230 Å². The first kappa shape index (κ1) is 26.2. The molecular weight excluding hydrogens is 609 g/mol. The van der Waals surface area contributed by atoms with Gasteiger partial charge in [-0.1, -0.05) is 30.3 Å². The minimum Gasteiger partial charge on any atom is -0.493 e. The number of nitro groups is 1. The van der Waals surface area contributed by atoms with E-state index in [9.17, 15) is 25.0 Å². The molecule has 0 saturated carbocycles. The second-order valence-corrected chi connectivity index (χ2v) is 9.94. The molecule has 1 aliphatic rings. The van der Waals surface area contributed by atoms with Crippen molar-refractivity contribution in [2.45, 2.75) is 13.2 Å². The van der Waals surface area contributed by atoms with Crippen molar-refractivity contribution in [2.75, 3.05) is 7.11 Å². The van der Waals surface area contributed by atoms with Gasteiger partial charge in [-0.05, 0) is 69.8 Å². The van der Waals surface area contributed by atoms with Crippen LogP contribution in [0.5, 0.6) is 11.5 Å². The maximum absolute atomic E-state index is 12.9. The van der Waals surface area contributed by atoms with Crippen LogP contribution in [0.1, 0.15) is 22.3 Å². The number of ether oxygens (including phenoxy) is 2. The third kappa shape index (κ3) is 5.92. The van der Waals surface area contributed by atoms with Crippen molar-refractivity contribution in [1.82, 2.24) is 4.90 Å². The minimum absolute atomic E-state index is 0.0117. The summed E-state index contributed by atoms with van der Waals surface area (Å²) in [5.74, 6) is 0.493. The lowest BCUT2D eigenvalue weighted by atomic mass is 10.1. The molecule has 2 amide bonds. The van der Waals surface area contributed by atoms with Crippen molar-refractivity contribution < 1.29 is 24.0 Å². The number of nitrogens with zero attached hydrogens (tertiary/aromatic N) is 3. The molecule has 11 heteroatoms. The fourth-order valence-electron chi connectivity index (χ4n) is 3.56. The van der Waals surface area contributed by atoms with Crippen LogP contribution in [-0.2, 0) is 17.9 Å². The zero-order chi connectivity index (χ0) is 26.5. The molecule has 0 aliphatic carbocycles. The van der Waals surface area contributed by atoms with E-state index in [-0.39, 0.29) is 23.7 Å². The molecular formula is C26H18IN3O6S. The van der Waals surface area contributed by atoms with E-state index in [1.54, 1.807) is 30.3 Å². The number of rotatable bonds is 8. The number of hydrogen-bond acceptors (Lipinski definition) is 8. The van der Waals surface area contributed by atoms with Crippen LogP contribution in [0.15, 0.2) is 65.6 Å². The van der Waals surface area contributed by atoms with Crippen molar-refractivity contribution >= 4 is 57.3 Å². The van der Waals surface area contributed by atoms with E-state index in [1.165, 1.54) is 31.4 Å². The van der Waals surface area contributed by atoms with Crippen LogP contribution in [0.25, 0.3) is 6.08 Å². The highest BCUT2D eigenvalue weighted by atomic mass is 127. The molecule has 0 unspecified atom stereocenters. The third-order valence-electron chi connectivity index (χ3n) is 5.42. The second-order valence-electron chi connectivity index (χ2n) is 7.78. The largest absolute Gasteiger partial charge is 0.493 e. The van der Waals surface area contributed by atoms with Gasteiger partial charge in [0.05, 0.1) is 38.7 Å². The summed E-state index contributed by atoms with van der Waals surface area (Å²) >= 11 is 2.93. The molecule has 186 valence electrons. The third-order valence-corrected chi connectivity index (χ3v) is 7.13. The molecule has 0 radical (unpaired) electrons. The summed E-state index contributed by atoms with van der Waals surface area (Å²) in [6, 6.07) is 18.5. The van der Waals surface area contributed by atoms with E-state index < -0.39 is 16.1 Å². The number of nitriles is 1.